The molecule has 0 saturated heterocycles. The van der Waals surface area contributed by atoms with Gasteiger partial charge in [0, 0.05) is 11.6 Å². The first kappa shape index (κ1) is 19.1. The highest BCUT2D eigenvalue weighted by Gasteiger charge is 2.12. The maximum Gasteiger partial charge on any atom is 0.251 e. The van der Waals surface area contributed by atoms with Crippen molar-refractivity contribution in [2.45, 2.75) is 6.92 Å². The minimum absolute atomic E-state index is 0.182. The highest BCUT2D eigenvalue weighted by Crippen LogP contribution is 2.24. The van der Waals surface area contributed by atoms with Gasteiger partial charge in [-0.05, 0) is 31.2 Å². The summed E-state index contributed by atoms with van der Waals surface area (Å²) in [4.78, 5) is 24.4. The SMILES string of the molecule is CCOc1ccccc1NC(=O)CNC(=O)c1cc(OC)cc(OC)c1. The molecule has 138 valence electrons. The number of amides is 2. The van der Waals surface area contributed by atoms with E-state index in [2.05, 4.69) is 10.6 Å². The minimum atomic E-state index is -0.407. The molecular weight excluding hydrogens is 336 g/mol. The number of rotatable bonds is 8. The van der Waals surface area contributed by atoms with E-state index in [-0.39, 0.29) is 12.5 Å². The zero-order valence-corrected chi connectivity index (χ0v) is 15.0. The van der Waals surface area contributed by atoms with Gasteiger partial charge < -0.3 is 24.8 Å². The quantitative estimate of drug-likeness (QED) is 0.757. The molecule has 0 aliphatic rings. The number of carbonyl (C=O) groups excluding carboxylic acids is 2. The number of anilines is 1. The van der Waals surface area contributed by atoms with Crippen molar-refractivity contribution in [3.8, 4) is 17.2 Å². The molecule has 2 rings (SSSR count). The molecule has 0 heterocycles. The van der Waals surface area contributed by atoms with Crippen molar-refractivity contribution in [2.75, 3.05) is 32.7 Å². The third-order valence-electron chi connectivity index (χ3n) is 3.48. The van der Waals surface area contributed by atoms with E-state index in [1.165, 1.54) is 14.2 Å². The molecule has 0 fully saturated rings. The molecule has 0 unspecified atom stereocenters. The summed E-state index contributed by atoms with van der Waals surface area (Å²) in [6, 6.07) is 11.9. The predicted octanol–water partition coefficient (Wildman–Crippen LogP) is 2.47. The van der Waals surface area contributed by atoms with E-state index in [4.69, 9.17) is 14.2 Å². The van der Waals surface area contributed by atoms with Crippen molar-refractivity contribution < 1.29 is 23.8 Å². The number of hydrogen-bond acceptors (Lipinski definition) is 5. The molecule has 0 radical (unpaired) electrons. The Balaban J connectivity index is 1.98. The van der Waals surface area contributed by atoms with E-state index in [0.717, 1.165) is 0 Å². The lowest BCUT2D eigenvalue weighted by Crippen LogP contribution is -2.33. The fraction of sp³-hybridized carbons (Fsp3) is 0.263. The first-order chi connectivity index (χ1) is 12.6. The van der Waals surface area contributed by atoms with Crippen molar-refractivity contribution in [1.29, 1.82) is 0 Å². The summed E-state index contributed by atoms with van der Waals surface area (Å²) in [5.74, 6) is 0.789. The van der Waals surface area contributed by atoms with Crippen molar-refractivity contribution in [2.24, 2.45) is 0 Å². The number of nitrogens with one attached hydrogen (secondary N) is 2. The van der Waals surface area contributed by atoms with Gasteiger partial charge in [0.15, 0.2) is 0 Å². The Bertz CT molecular complexity index is 754. The summed E-state index contributed by atoms with van der Waals surface area (Å²) in [7, 11) is 3.00. The van der Waals surface area contributed by atoms with E-state index in [0.29, 0.717) is 35.1 Å². The van der Waals surface area contributed by atoms with E-state index in [9.17, 15) is 9.59 Å². The van der Waals surface area contributed by atoms with Crippen LogP contribution in [0.1, 0.15) is 17.3 Å². The molecule has 0 aliphatic heterocycles. The fourth-order valence-electron chi connectivity index (χ4n) is 2.25. The average Bonchev–Trinajstić information content (AvgIpc) is 2.67. The Morgan fingerprint density at radius 3 is 2.27 bits per heavy atom. The lowest BCUT2D eigenvalue weighted by molar-refractivity contribution is -0.115. The van der Waals surface area contributed by atoms with Gasteiger partial charge in [0.05, 0.1) is 33.1 Å². The molecule has 0 atom stereocenters. The summed E-state index contributed by atoms with van der Waals surface area (Å²) < 4.78 is 15.7. The number of carbonyl (C=O) groups is 2. The van der Waals surface area contributed by atoms with Gasteiger partial charge in [0.2, 0.25) is 5.91 Å². The third-order valence-corrected chi connectivity index (χ3v) is 3.48. The molecule has 7 heteroatoms. The normalized spacial score (nSPS) is 9.96. The molecule has 2 aromatic carbocycles. The van der Waals surface area contributed by atoms with Crippen LogP contribution in [0.15, 0.2) is 42.5 Å². The van der Waals surface area contributed by atoms with Gasteiger partial charge in [-0.15, -0.1) is 0 Å². The van der Waals surface area contributed by atoms with Gasteiger partial charge in [0.1, 0.15) is 17.2 Å². The summed E-state index contributed by atoms with van der Waals surface area (Å²) in [6.45, 7) is 2.17. The smallest absolute Gasteiger partial charge is 0.251 e. The zero-order valence-electron chi connectivity index (χ0n) is 15.0. The van der Waals surface area contributed by atoms with Crippen LogP contribution in [0.2, 0.25) is 0 Å². The van der Waals surface area contributed by atoms with Crippen LogP contribution in [-0.2, 0) is 4.79 Å². The van der Waals surface area contributed by atoms with Crippen LogP contribution >= 0.6 is 0 Å². The number of hydrogen-bond donors (Lipinski definition) is 2. The van der Waals surface area contributed by atoms with Crippen molar-refractivity contribution in [3.05, 3.63) is 48.0 Å². The molecule has 0 aliphatic carbocycles. The van der Waals surface area contributed by atoms with Crippen LogP contribution < -0.4 is 24.8 Å². The average molecular weight is 358 g/mol. The maximum atomic E-state index is 12.3. The summed E-state index contributed by atoms with van der Waals surface area (Å²) in [5.41, 5.74) is 0.889. The largest absolute Gasteiger partial charge is 0.497 e. The van der Waals surface area contributed by atoms with Crippen LogP contribution in [0.4, 0.5) is 5.69 Å². The van der Waals surface area contributed by atoms with E-state index < -0.39 is 5.91 Å². The molecule has 2 N–H and O–H groups in total. The highest BCUT2D eigenvalue weighted by atomic mass is 16.5. The Morgan fingerprint density at radius 1 is 1.00 bits per heavy atom. The lowest BCUT2D eigenvalue weighted by Gasteiger charge is -2.12. The van der Waals surface area contributed by atoms with Crippen LogP contribution in [0.5, 0.6) is 17.2 Å². The second-order valence-electron chi connectivity index (χ2n) is 5.26. The monoisotopic (exact) mass is 358 g/mol. The lowest BCUT2D eigenvalue weighted by atomic mass is 10.2. The molecule has 0 bridgehead atoms. The fourth-order valence-corrected chi connectivity index (χ4v) is 2.25. The van der Waals surface area contributed by atoms with Gasteiger partial charge in [-0.3, -0.25) is 9.59 Å². The number of methoxy groups -OCH3 is 2. The third kappa shape index (κ3) is 5.14. The van der Waals surface area contributed by atoms with Crippen molar-refractivity contribution >= 4 is 17.5 Å². The molecule has 26 heavy (non-hydrogen) atoms. The summed E-state index contributed by atoms with van der Waals surface area (Å²) >= 11 is 0. The van der Waals surface area contributed by atoms with Crippen LogP contribution in [-0.4, -0.2) is 39.2 Å². The van der Waals surface area contributed by atoms with Gasteiger partial charge >= 0.3 is 0 Å². The van der Waals surface area contributed by atoms with E-state index in [1.807, 2.05) is 13.0 Å². The maximum absolute atomic E-state index is 12.3. The minimum Gasteiger partial charge on any atom is -0.497 e. The standard InChI is InChI=1S/C19H22N2O5/c1-4-26-17-8-6-5-7-16(17)21-18(22)12-20-19(23)13-9-14(24-2)11-15(10-13)25-3/h5-11H,4,12H2,1-3H3,(H,20,23)(H,21,22). The van der Waals surface area contributed by atoms with E-state index >= 15 is 0 Å². The molecule has 2 aromatic rings. The zero-order chi connectivity index (χ0) is 18.9. The first-order valence-corrected chi connectivity index (χ1v) is 8.10. The number of ether oxygens (including phenoxy) is 3. The van der Waals surface area contributed by atoms with Crippen LogP contribution in [0.3, 0.4) is 0 Å². The molecule has 7 nitrogen and oxygen atoms in total. The first-order valence-electron chi connectivity index (χ1n) is 8.10. The molecular formula is C19H22N2O5. The molecule has 2 amide bonds. The van der Waals surface area contributed by atoms with E-state index in [1.54, 1.807) is 36.4 Å². The topological polar surface area (TPSA) is 85.9 Å². The predicted molar refractivity (Wildman–Crippen MR) is 98.1 cm³/mol. The Kier molecular flexibility index (Phi) is 6.84. The highest BCUT2D eigenvalue weighted by molar-refractivity contribution is 6.00. The Morgan fingerprint density at radius 2 is 1.65 bits per heavy atom. The number of benzene rings is 2. The molecule has 0 aromatic heterocycles. The Hall–Kier alpha value is -3.22. The van der Waals surface area contributed by atoms with Gasteiger partial charge in [-0.2, -0.15) is 0 Å². The summed E-state index contributed by atoms with van der Waals surface area (Å²) in [5, 5.41) is 5.29. The second kappa shape index (κ2) is 9.31. The van der Waals surface area contributed by atoms with Crippen molar-refractivity contribution in [1.82, 2.24) is 5.32 Å². The molecule has 0 saturated carbocycles. The van der Waals surface area contributed by atoms with Crippen molar-refractivity contribution in [3.63, 3.8) is 0 Å². The van der Waals surface area contributed by atoms with Gasteiger partial charge in [-0.1, -0.05) is 12.1 Å². The number of para-hydroxylation sites is 2. The van der Waals surface area contributed by atoms with Crippen LogP contribution in [0, 0.1) is 0 Å². The van der Waals surface area contributed by atoms with Crippen LogP contribution in [0.25, 0.3) is 0 Å². The summed E-state index contributed by atoms with van der Waals surface area (Å²) in [6.07, 6.45) is 0. The Labute approximate surface area is 152 Å². The molecule has 0 spiro atoms. The second-order valence-corrected chi connectivity index (χ2v) is 5.26. The van der Waals surface area contributed by atoms with Gasteiger partial charge in [0.25, 0.3) is 5.91 Å². The van der Waals surface area contributed by atoms with Gasteiger partial charge in [-0.25, -0.2) is 0 Å².